The average molecular weight is 228 g/mol. The molecule has 0 amide bonds. The smallest absolute Gasteiger partial charge is 0.170 e. The van der Waals surface area contributed by atoms with Gasteiger partial charge in [-0.25, -0.2) is 0 Å². The molecule has 17 heavy (non-hydrogen) atoms. The van der Waals surface area contributed by atoms with Gasteiger partial charge in [0, 0.05) is 30.1 Å². The normalized spacial score (nSPS) is 12.9. The van der Waals surface area contributed by atoms with E-state index in [1.54, 1.807) is 0 Å². The zero-order valence-corrected chi connectivity index (χ0v) is 10.2. The summed E-state index contributed by atoms with van der Waals surface area (Å²) in [5.74, 6) is 0.959. The van der Waals surface area contributed by atoms with Crippen molar-refractivity contribution in [1.29, 1.82) is 0 Å². The van der Waals surface area contributed by atoms with E-state index in [-0.39, 0.29) is 0 Å². The van der Waals surface area contributed by atoms with Crippen LogP contribution in [0.15, 0.2) is 28.8 Å². The first kappa shape index (κ1) is 10.5. The fraction of sp³-hybridized carbons (Fsp3) is 0.357. The molecule has 0 fully saturated rings. The molecule has 0 radical (unpaired) electrons. The van der Waals surface area contributed by atoms with Crippen LogP contribution in [0.1, 0.15) is 30.7 Å². The maximum absolute atomic E-state index is 5.48. The summed E-state index contributed by atoms with van der Waals surface area (Å²) in [4.78, 5) is 0. The van der Waals surface area contributed by atoms with Gasteiger partial charge in [0.2, 0.25) is 0 Å². The fourth-order valence-electron chi connectivity index (χ4n) is 2.26. The molecule has 3 heteroatoms. The van der Waals surface area contributed by atoms with Gasteiger partial charge >= 0.3 is 0 Å². The van der Waals surface area contributed by atoms with Gasteiger partial charge < -0.3 is 9.84 Å². The molecule has 1 aliphatic rings. The van der Waals surface area contributed by atoms with Crippen molar-refractivity contribution in [3.63, 3.8) is 0 Å². The molecule has 0 unspecified atom stereocenters. The molecule has 1 aromatic carbocycles. The number of benzene rings is 1. The Morgan fingerprint density at radius 1 is 1.35 bits per heavy atom. The van der Waals surface area contributed by atoms with Crippen LogP contribution in [0.4, 0.5) is 0 Å². The van der Waals surface area contributed by atoms with Crippen LogP contribution < -0.4 is 5.32 Å². The van der Waals surface area contributed by atoms with Crippen molar-refractivity contribution in [3.05, 3.63) is 41.1 Å². The van der Waals surface area contributed by atoms with Crippen molar-refractivity contribution in [3.8, 4) is 11.3 Å². The van der Waals surface area contributed by atoms with Crippen molar-refractivity contribution in [2.45, 2.75) is 32.9 Å². The van der Waals surface area contributed by atoms with Gasteiger partial charge in [0.05, 0.1) is 0 Å². The molecule has 0 atom stereocenters. The summed E-state index contributed by atoms with van der Waals surface area (Å²) in [5, 5.41) is 7.55. The van der Waals surface area contributed by atoms with E-state index in [1.165, 1.54) is 16.7 Å². The second-order valence-corrected chi connectivity index (χ2v) is 4.81. The predicted octanol–water partition coefficient (Wildman–Crippen LogP) is 2.74. The first-order valence-corrected chi connectivity index (χ1v) is 6.05. The molecule has 2 aromatic rings. The van der Waals surface area contributed by atoms with Crippen molar-refractivity contribution >= 4 is 0 Å². The highest BCUT2D eigenvalue weighted by atomic mass is 16.5. The second-order valence-electron chi connectivity index (χ2n) is 4.81. The van der Waals surface area contributed by atoms with Crippen molar-refractivity contribution < 1.29 is 4.52 Å². The molecular formula is C14H16N2O. The highest BCUT2D eigenvalue weighted by Gasteiger charge is 2.26. The Bertz CT molecular complexity index is 543. The van der Waals surface area contributed by atoms with Crippen LogP contribution in [0.5, 0.6) is 0 Å². The number of nitrogens with one attached hydrogen (secondary N) is 1. The summed E-state index contributed by atoms with van der Waals surface area (Å²) >= 11 is 0. The van der Waals surface area contributed by atoms with Gasteiger partial charge in [-0.15, -0.1) is 0 Å². The monoisotopic (exact) mass is 228 g/mol. The lowest BCUT2D eigenvalue weighted by molar-refractivity contribution is 0.417. The third kappa shape index (κ3) is 1.76. The molecule has 88 valence electrons. The maximum atomic E-state index is 5.48. The minimum atomic E-state index is 0.464. The summed E-state index contributed by atoms with van der Waals surface area (Å²) in [6, 6.07) is 8.84. The van der Waals surface area contributed by atoms with E-state index in [0.717, 1.165) is 24.4 Å². The van der Waals surface area contributed by atoms with Crippen LogP contribution in [0.2, 0.25) is 0 Å². The largest absolute Gasteiger partial charge is 0.356 e. The van der Waals surface area contributed by atoms with E-state index in [1.807, 2.05) is 6.07 Å². The minimum absolute atomic E-state index is 0.464. The van der Waals surface area contributed by atoms with Crippen LogP contribution in [-0.2, 0) is 13.0 Å². The van der Waals surface area contributed by atoms with Gasteiger partial charge in [0.25, 0.3) is 0 Å². The maximum Gasteiger partial charge on any atom is 0.170 e. The Morgan fingerprint density at radius 2 is 2.18 bits per heavy atom. The SMILES string of the molecule is CC(C)NCc1noc2c1Cc1ccccc1-2. The lowest BCUT2D eigenvalue weighted by Gasteiger charge is -2.05. The Kier molecular flexibility index (Phi) is 2.48. The molecule has 0 saturated heterocycles. The zero-order valence-electron chi connectivity index (χ0n) is 10.2. The molecule has 3 nitrogen and oxygen atoms in total. The molecule has 1 aliphatic carbocycles. The highest BCUT2D eigenvalue weighted by molar-refractivity contribution is 5.72. The van der Waals surface area contributed by atoms with Crippen LogP contribution >= 0.6 is 0 Å². The van der Waals surface area contributed by atoms with E-state index in [4.69, 9.17) is 4.52 Å². The van der Waals surface area contributed by atoms with Crippen molar-refractivity contribution in [2.24, 2.45) is 0 Å². The molecule has 3 rings (SSSR count). The van der Waals surface area contributed by atoms with Crippen LogP contribution in [0, 0.1) is 0 Å². The van der Waals surface area contributed by atoms with Crippen molar-refractivity contribution in [2.75, 3.05) is 0 Å². The standard InChI is InChI=1S/C14H16N2O/c1-9(2)15-8-13-12-7-10-5-3-4-6-11(10)14(12)17-16-13/h3-6,9,15H,7-8H2,1-2H3. The third-order valence-corrected chi connectivity index (χ3v) is 3.18. The van der Waals surface area contributed by atoms with Gasteiger partial charge in [-0.05, 0) is 5.56 Å². The molecule has 1 N–H and O–H groups in total. The average Bonchev–Trinajstić information content (AvgIpc) is 2.85. The van der Waals surface area contributed by atoms with E-state index in [9.17, 15) is 0 Å². The van der Waals surface area contributed by atoms with Gasteiger partial charge in [-0.3, -0.25) is 0 Å². The summed E-state index contributed by atoms with van der Waals surface area (Å²) in [6.07, 6.45) is 0.949. The summed E-state index contributed by atoms with van der Waals surface area (Å²) < 4.78 is 5.48. The molecule has 0 bridgehead atoms. The fourth-order valence-corrected chi connectivity index (χ4v) is 2.26. The summed E-state index contributed by atoms with van der Waals surface area (Å²) in [6.45, 7) is 5.05. The van der Waals surface area contributed by atoms with E-state index in [2.05, 4.69) is 42.5 Å². The molecule has 1 aromatic heterocycles. The molecule has 0 spiro atoms. The second kappa shape index (κ2) is 4.00. The molecule has 1 heterocycles. The Hall–Kier alpha value is -1.61. The van der Waals surface area contributed by atoms with Crippen LogP contribution in [0.25, 0.3) is 11.3 Å². The Balaban J connectivity index is 1.91. The topological polar surface area (TPSA) is 38.1 Å². The number of nitrogens with zero attached hydrogens (tertiary/aromatic N) is 1. The highest BCUT2D eigenvalue weighted by Crippen LogP contribution is 2.37. The lowest BCUT2D eigenvalue weighted by Crippen LogP contribution is -2.22. The Morgan fingerprint density at radius 3 is 3.00 bits per heavy atom. The van der Waals surface area contributed by atoms with E-state index in [0.29, 0.717) is 6.04 Å². The third-order valence-electron chi connectivity index (χ3n) is 3.18. The molecular weight excluding hydrogens is 212 g/mol. The zero-order chi connectivity index (χ0) is 11.8. The summed E-state index contributed by atoms with van der Waals surface area (Å²) in [7, 11) is 0. The first-order chi connectivity index (χ1) is 8.25. The van der Waals surface area contributed by atoms with Crippen LogP contribution in [0.3, 0.4) is 0 Å². The quantitative estimate of drug-likeness (QED) is 0.749. The molecule has 0 aliphatic heterocycles. The lowest BCUT2D eigenvalue weighted by atomic mass is 10.1. The number of hydrogen-bond donors (Lipinski definition) is 1. The van der Waals surface area contributed by atoms with Gasteiger partial charge in [-0.2, -0.15) is 0 Å². The van der Waals surface area contributed by atoms with E-state index < -0.39 is 0 Å². The first-order valence-electron chi connectivity index (χ1n) is 6.05. The number of fused-ring (bicyclic) bond motifs is 3. The van der Waals surface area contributed by atoms with Gasteiger partial charge in [0.1, 0.15) is 5.69 Å². The van der Waals surface area contributed by atoms with Crippen molar-refractivity contribution in [1.82, 2.24) is 10.5 Å². The Labute approximate surface area is 101 Å². The van der Waals surface area contributed by atoms with Gasteiger partial charge in [0.15, 0.2) is 5.76 Å². The summed E-state index contributed by atoms with van der Waals surface area (Å²) in [5.41, 5.74) is 4.84. The predicted molar refractivity (Wildman–Crippen MR) is 66.7 cm³/mol. The van der Waals surface area contributed by atoms with E-state index >= 15 is 0 Å². The number of aromatic nitrogens is 1. The van der Waals surface area contributed by atoms with Gasteiger partial charge in [-0.1, -0.05) is 43.3 Å². The van der Waals surface area contributed by atoms with Crippen LogP contribution in [-0.4, -0.2) is 11.2 Å². The number of hydrogen-bond acceptors (Lipinski definition) is 3. The molecule has 0 saturated carbocycles. The minimum Gasteiger partial charge on any atom is -0.356 e. The number of rotatable bonds is 3.